The lowest BCUT2D eigenvalue weighted by Crippen LogP contribution is -2.38. The van der Waals surface area contributed by atoms with Crippen molar-refractivity contribution in [3.05, 3.63) is 0 Å². The molecule has 0 bridgehead atoms. The van der Waals surface area contributed by atoms with Gasteiger partial charge in [-0.05, 0) is 26.7 Å². The summed E-state index contributed by atoms with van der Waals surface area (Å²) in [5.41, 5.74) is 0. The van der Waals surface area contributed by atoms with Crippen molar-refractivity contribution in [3.8, 4) is 0 Å². The minimum atomic E-state index is -3.44. The van der Waals surface area contributed by atoms with Crippen molar-refractivity contribution in [1.29, 1.82) is 0 Å². The highest BCUT2D eigenvalue weighted by atomic mass is 32.2. The monoisotopic (exact) mass is 220 g/mol. The summed E-state index contributed by atoms with van der Waals surface area (Å²) < 4.78 is 33.3. The van der Waals surface area contributed by atoms with Crippen LogP contribution in [0.1, 0.15) is 33.6 Å². The highest BCUT2D eigenvalue weighted by molar-refractivity contribution is 7.88. The van der Waals surface area contributed by atoms with E-state index in [0.717, 1.165) is 6.42 Å². The lowest BCUT2D eigenvalue weighted by molar-refractivity contribution is -0.00590. The van der Waals surface area contributed by atoms with Crippen molar-refractivity contribution in [1.82, 2.24) is 0 Å². The Kier molecular flexibility index (Phi) is 2.18. The Bertz CT molecular complexity index is 337. The van der Waals surface area contributed by atoms with E-state index < -0.39 is 14.9 Å². The van der Waals surface area contributed by atoms with Crippen LogP contribution in [0, 0.1) is 0 Å². The first-order chi connectivity index (χ1) is 6.40. The molecule has 0 amide bonds. The van der Waals surface area contributed by atoms with Crippen molar-refractivity contribution in [2.24, 2.45) is 0 Å². The van der Waals surface area contributed by atoms with Crippen LogP contribution in [0.25, 0.3) is 0 Å². The number of rotatable bonds is 1. The maximum absolute atomic E-state index is 11.7. The maximum Gasteiger partial charge on any atom is 0.275 e. The molecule has 2 aliphatic heterocycles. The third-order valence-corrected chi connectivity index (χ3v) is 5.40. The zero-order chi connectivity index (χ0) is 10.6. The Morgan fingerprint density at radius 2 is 2.14 bits per heavy atom. The van der Waals surface area contributed by atoms with Crippen LogP contribution >= 0.6 is 0 Å². The first-order valence-electron chi connectivity index (χ1n) is 4.99. The van der Waals surface area contributed by atoms with Crippen LogP contribution in [-0.2, 0) is 19.0 Å². The molecule has 0 spiro atoms. The molecule has 2 aliphatic rings. The molecule has 0 aromatic carbocycles. The normalized spacial score (nSPS) is 50.6. The molecule has 2 heterocycles. The van der Waals surface area contributed by atoms with Crippen LogP contribution in [0.5, 0.6) is 0 Å². The summed E-state index contributed by atoms with van der Waals surface area (Å²) in [7, 11) is -3.44. The smallest absolute Gasteiger partial charge is 0.275 e. The third kappa shape index (κ3) is 1.15. The fourth-order valence-electron chi connectivity index (χ4n) is 2.42. The Balaban J connectivity index is 2.37. The highest BCUT2D eigenvalue weighted by Crippen LogP contribution is 2.46. The number of hydrogen-bond acceptors (Lipinski definition) is 4. The van der Waals surface area contributed by atoms with Gasteiger partial charge in [0, 0.05) is 0 Å². The Morgan fingerprint density at radius 3 is 2.64 bits per heavy atom. The minimum Gasteiger partial charge on any atom is -0.370 e. The van der Waals surface area contributed by atoms with Gasteiger partial charge in [-0.2, -0.15) is 8.42 Å². The minimum absolute atomic E-state index is 0.0612. The van der Waals surface area contributed by atoms with Gasteiger partial charge in [0.15, 0.2) is 0 Å². The fraction of sp³-hybridized carbons (Fsp3) is 1.00. The van der Waals surface area contributed by atoms with Gasteiger partial charge in [0.1, 0.15) is 17.0 Å². The molecule has 2 rings (SSSR count). The van der Waals surface area contributed by atoms with Crippen LogP contribution in [0.2, 0.25) is 0 Å². The molecule has 4 nitrogen and oxygen atoms in total. The first kappa shape index (κ1) is 10.4. The zero-order valence-electron chi connectivity index (χ0n) is 8.69. The molecule has 0 radical (unpaired) electrons. The summed E-state index contributed by atoms with van der Waals surface area (Å²) in [6, 6.07) is 0. The topological polar surface area (TPSA) is 52.6 Å². The molecule has 14 heavy (non-hydrogen) atoms. The standard InChI is InChI=1S/C9H16O4S/c1-4-7-5-9(3)8(12-7)6(2)13-14(9,10)11/h6-8H,4-5H2,1-3H3. The van der Waals surface area contributed by atoms with E-state index in [0.29, 0.717) is 6.42 Å². The molecule has 2 fully saturated rings. The third-order valence-electron chi connectivity index (χ3n) is 3.31. The van der Waals surface area contributed by atoms with Gasteiger partial charge in [-0.25, -0.2) is 0 Å². The second-order valence-corrected chi connectivity index (χ2v) is 6.39. The summed E-state index contributed by atoms with van der Waals surface area (Å²) in [6.45, 7) is 5.49. The van der Waals surface area contributed by atoms with E-state index in [2.05, 4.69) is 0 Å². The summed E-state index contributed by atoms with van der Waals surface area (Å²) in [4.78, 5) is 0. The average Bonchev–Trinajstić information content (AvgIpc) is 2.49. The molecule has 0 saturated carbocycles. The van der Waals surface area contributed by atoms with E-state index in [9.17, 15) is 8.42 Å². The van der Waals surface area contributed by atoms with Gasteiger partial charge in [0.2, 0.25) is 0 Å². The molecule has 0 N–H and O–H groups in total. The molecule has 2 saturated heterocycles. The molecule has 5 heteroatoms. The molecular formula is C9H16O4S. The molecule has 4 unspecified atom stereocenters. The maximum atomic E-state index is 11.7. The van der Waals surface area contributed by atoms with Crippen molar-refractivity contribution in [2.75, 3.05) is 0 Å². The molecular weight excluding hydrogens is 204 g/mol. The van der Waals surface area contributed by atoms with Crippen molar-refractivity contribution in [3.63, 3.8) is 0 Å². The van der Waals surface area contributed by atoms with Crippen molar-refractivity contribution >= 4 is 10.1 Å². The summed E-state index contributed by atoms with van der Waals surface area (Å²) >= 11 is 0. The van der Waals surface area contributed by atoms with E-state index in [4.69, 9.17) is 8.92 Å². The zero-order valence-corrected chi connectivity index (χ0v) is 9.50. The second kappa shape index (κ2) is 2.93. The number of hydrogen-bond donors (Lipinski definition) is 0. The van der Waals surface area contributed by atoms with Crippen LogP contribution < -0.4 is 0 Å². The quantitative estimate of drug-likeness (QED) is 0.620. The van der Waals surface area contributed by atoms with Crippen LogP contribution in [0.3, 0.4) is 0 Å². The Labute approximate surface area is 84.7 Å². The van der Waals surface area contributed by atoms with E-state index in [1.165, 1.54) is 0 Å². The van der Waals surface area contributed by atoms with Gasteiger partial charge in [-0.15, -0.1) is 0 Å². The summed E-state index contributed by atoms with van der Waals surface area (Å²) in [5.74, 6) is 0. The summed E-state index contributed by atoms with van der Waals surface area (Å²) in [6.07, 6.45) is 0.833. The number of fused-ring (bicyclic) bond motifs is 1. The van der Waals surface area contributed by atoms with Gasteiger partial charge >= 0.3 is 0 Å². The molecule has 82 valence electrons. The lowest BCUT2D eigenvalue weighted by Gasteiger charge is -2.17. The Morgan fingerprint density at radius 1 is 1.50 bits per heavy atom. The van der Waals surface area contributed by atoms with Gasteiger partial charge < -0.3 is 4.74 Å². The highest BCUT2D eigenvalue weighted by Gasteiger charge is 2.62. The van der Waals surface area contributed by atoms with E-state index in [1.54, 1.807) is 13.8 Å². The first-order valence-corrected chi connectivity index (χ1v) is 6.40. The van der Waals surface area contributed by atoms with E-state index >= 15 is 0 Å². The molecule has 0 aromatic heterocycles. The van der Waals surface area contributed by atoms with Gasteiger partial charge in [0.05, 0.1) is 6.10 Å². The van der Waals surface area contributed by atoms with Gasteiger partial charge in [-0.1, -0.05) is 6.92 Å². The van der Waals surface area contributed by atoms with Gasteiger partial charge in [-0.3, -0.25) is 4.18 Å². The summed E-state index contributed by atoms with van der Waals surface area (Å²) in [5, 5.41) is 0. The van der Waals surface area contributed by atoms with E-state index in [-0.39, 0.29) is 18.3 Å². The lowest BCUT2D eigenvalue weighted by atomic mass is 9.97. The fourth-order valence-corrected chi connectivity index (χ4v) is 4.06. The van der Waals surface area contributed by atoms with Gasteiger partial charge in [0.25, 0.3) is 10.1 Å². The second-order valence-electron chi connectivity index (χ2n) is 4.36. The predicted octanol–water partition coefficient (Wildman–Crippen LogP) is 1.06. The largest absolute Gasteiger partial charge is 0.370 e. The average molecular weight is 220 g/mol. The SMILES string of the molecule is CCC1CC2(C)C(O1)C(C)OS2(=O)=O. The Hall–Kier alpha value is -0.130. The van der Waals surface area contributed by atoms with Crippen LogP contribution in [0.4, 0.5) is 0 Å². The van der Waals surface area contributed by atoms with Crippen molar-refractivity contribution < 1.29 is 17.3 Å². The molecule has 4 atom stereocenters. The number of ether oxygens (including phenoxy) is 1. The molecule has 0 aromatic rings. The molecule has 0 aliphatic carbocycles. The van der Waals surface area contributed by atoms with Crippen molar-refractivity contribution in [2.45, 2.75) is 56.7 Å². The predicted molar refractivity (Wildman–Crippen MR) is 51.4 cm³/mol. The van der Waals surface area contributed by atoms with Crippen LogP contribution in [-0.4, -0.2) is 31.5 Å². The van der Waals surface area contributed by atoms with Crippen LogP contribution in [0.15, 0.2) is 0 Å². The van der Waals surface area contributed by atoms with E-state index in [1.807, 2.05) is 6.92 Å².